The van der Waals surface area contributed by atoms with Crippen molar-refractivity contribution in [3.8, 4) is 0 Å². The zero-order chi connectivity index (χ0) is 14.8. The third-order valence-electron chi connectivity index (χ3n) is 2.29. The molecule has 0 saturated heterocycles. The number of allylic oxidation sites excluding steroid dienone is 1. The van der Waals surface area contributed by atoms with E-state index in [1.165, 1.54) is 19.0 Å². The quantitative estimate of drug-likeness (QED) is 0.729. The molecule has 0 aromatic heterocycles. The van der Waals surface area contributed by atoms with Gasteiger partial charge in [0.15, 0.2) is 0 Å². The monoisotopic (exact) mass is 283 g/mol. The maximum atomic E-state index is 12.5. The van der Waals surface area contributed by atoms with Gasteiger partial charge in [-0.1, -0.05) is 6.07 Å². The average molecular weight is 283 g/mol. The molecule has 0 aliphatic carbocycles. The summed E-state index contributed by atoms with van der Waals surface area (Å²) in [6.45, 7) is 0. The first-order valence-electron chi connectivity index (χ1n) is 5.15. The van der Waals surface area contributed by atoms with Crippen LogP contribution in [0.2, 0.25) is 0 Å². The highest BCUT2D eigenvalue weighted by Crippen LogP contribution is 2.33. The van der Waals surface area contributed by atoms with Gasteiger partial charge in [0.25, 0.3) is 0 Å². The maximum Gasteiger partial charge on any atom is 0.416 e. The summed E-state index contributed by atoms with van der Waals surface area (Å²) >= 11 is 0. The van der Waals surface area contributed by atoms with E-state index in [1.807, 2.05) is 0 Å². The highest BCUT2D eigenvalue weighted by Gasteiger charge is 2.31. The highest BCUT2D eigenvalue weighted by molar-refractivity contribution is 5.68. The second-order valence-corrected chi connectivity index (χ2v) is 4.04. The molecule has 0 amide bonds. The van der Waals surface area contributed by atoms with Crippen LogP contribution in [0.1, 0.15) is 11.1 Å². The van der Waals surface area contributed by atoms with Gasteiger partial charge in [0.1, 0.15) is 0 Å². The molecule has 1 aromatic carbocycles. The van der Waals surface area contributed by atoms with Crippen molar-refractivity contribution in [2.24, 2.45) is 0 Å². The molecule has 19 heavy (non-hydrogen) atoms. The third kappa shape index (κ3) is 4.50. The number of anilines is 1. The molecule has 0 spiro atoms. The van der Waals surface area contributed by atoms with E-state index < -0.39 is 17.9 Å². The van der Waals surface area contributed by atoms with Crippen LogP contribution in [0.25, 0.3) is 6.08 Å². The minimum absolute atomic E-state index is 0.0113. The Hall–Kier alpha value is -1.66. The lowest BCUT2D eigenvalue weighted by Gasteiger charge is -2.18. The largest absolute Gasteiger partial charge is 0.416 e. The van der Waals surface area contributed by atoms with E-state index in [0.717, 1.165) is 24.3 Å². The number of hydrogen-bond acceptors (Lipinski definition) is 1. The van der Waals surface area contributed by atoms with Gasteiger partial charge in [-0.05, 0) is 23.8 Å². The Balaban J connectivity index is 3.24. The van der Waals surface area contributed by atoms with E-state index in [0.29, 0.717) is 0 Å². The lowest BCUT2D eigenvalue weighted by Crippen LogP contribution is -2.13. The lowest BCUT2D eigenvalue weighted by molar-refractivity contribution is -0.137. The second-order valence-electron chi connectivity index (χ2n) is 4.04. The van der Waals surface area contributed by atoms with Crippen LogP contribution < -0.4 is 4.90 Å². The number of benzene rings is 1. The van der Waals surface area contributed by atoms with Crippen molar-refractivity contribution >= 4 is 11.8 Å². The predicted octanol–water partition coefficient (Wildman–Crippen LogP) is 4.35. The van der Waals surface area contributed by atoms with Crippen molar-refractivity contribution in [1.29, 1.82) is 0 Å². The van der Waals surface area contributed by atoms with Crippen LogP contribution in [0.4, 0.5) is 32.0 Å². The molecule has 0 fully saturated rings. The summed E-state index contributed by atoms with van der Waals surface area (Å²) in [5.41, 5.74) is -0.772. The third-order valence-corrected chi connectivity index (χ3v) is 2.29. The zero-order valence-electron chi connectivity index (χ0n) is 10.1. The van der Waals surface area contributed by atoms with E-state index in [9.17, 15) is 26.3 Å². The predicted molar refractivity (Wildman–Crippen MR) is 60.9 cm³/mol. The van der Waals surface area contributed by atoms with Gasteiger partial charge >= 0.3 is 12.4 Å². The molecule has 0 unspecified atom stereocenters. The van der Waals surface area contributed by atoms with Gasteiger partial charge in [0.2, 0.25) is 0 Å². The molecule has 0 N–H and O–H groups in total. The molecule has 0 atom stereocenters. The summed E-state index contributed by atoms with van der Waals surface area (Å²) in [7, 11) is 2.92. The standard InChI is InChI=1S/C12H11F6N/c1-19(2)10-7-9(12(16,17)18)4-3-8(10)5-6-11(13,14)15/h3-7H,1-2H3/b6-5-. The number of nitrogens with zero attached hydrogens (tertiary/aromatic N) is 1. The summed E-state index contributed by atoms with van der Waals surface area (Å²) < 4.78 is 73.8. The molecule has 0 heterocycles. The molecule has 0 aliphatic heterocycles. The van der Waals surface area contributed by atoms with Gasteiger partial charge in [0, 0.05) is 25.9 Å². The molecule has 106 valence electrons. The number of hydrogen-bond donors (Lipinski definition) is 0. The molecular weight excluding hydrogens is 272 g/mol. The first-order chi connectivity index (χ1) is 8.50. The van der Waals surface area contributed by atoms with Crippen LogP contribution in [0, 0.1) is 0 Å². The molecule has 1 aromatic rings. The lowest BCUT2D eigenvalue weighted by atomic mass is 10.1. The molecule has 0 radical (unpaired) electrons. The fraction of sp³-hybridized carbons (Fsp3) is 0.333. The van der Waals surface area contributed by atoms with Crippen molar-refractivity contribution in [2.75, 3.05) is 19.0 Å². The number of rotatable bonds is 2. The molecule has 0 saturated carbocycles. The van der Waals surface area contributed by atoms with Crippen molar-refractivity contribution in [2.45, 2.75) is 12.4 Å². The zero-order valence-corrected chi connectivity index (χ0v) is 10.1. The summed E-state index contributed by atoms with van der Waals surface area (Å²) in [6, 6.07) is 2.58. The van der Waals surface area contributed by atoms with Gasteiger partial charge in [-0.2, -0.15) is 26.3 Å². The normalized spacial score (nSPS) is 13.1. The van der Waals surface area contributed by atoms with Crippen LogP contribution in [0.5, 0.6) is 0 Å². The van der Waals surface area contributed by atoms with E-state index in [1.54, 1.807) is 0 Å². The first-order valence-corrected chi connectivity index (χ1v) is 5.15. The second kappa shape index (κ2) is 5.14. The van der Waals surface area contributed by atoms with Gasteiger partial charge in [-0.15, -0.1) is 0 Å². The summed E-state index contributed by atoms with van der Waals surface area (Å²) in [5.74, 6) is 0. The molecule has 0 aliphatic rings. The van der Waals surface area contributed by atoms with E-state index in [-0.39, 0.29) is 17.3 Å². The molecule has 7 heteroatoms. The Bertz CT molecular complexity index is 470. The van der Waals surface area contributed by atoms with Crippen LogP contribution in [0.15, 0.2) is 24.3 Å². The summed E-state index contributed by atoms with van der Waals surface area (Å²) in [6.07, 6.45) is -8.30. The molecule has 1 rings (SSSR count). The van der Waals surface area contributed by atoms with Gasteiger partial charge in [0.05, 0.1) is 5.56 Å². The maximum absolute atomic E-state index is 12.5. The van der Waals surface area contributed by atoms with Crippen LogP contribution in [0.3, 0.4) is 0 Å². The molecule has 1 nitrogen and oxygen atoms in total. The SMILES string of the molecule is CN(C)c1cc(C(F)(F)F)ccc1/C=C\C(F)(F)F. The van der Waals surface area contributed by atoms with E-state index in [2.05, 4.69) is 0 Å². The van der Waals surface area contributed by atoms with Crippen molar-refractivity contribution in [3.05, 3.63) is 35.4 Å². The van der Waals surface area contributed by atoms with Gasteiger partial charge in [-0.25, -0.2) is 0 Å². The Labute approximate surface area is 106 Å². The first kappa shape index (κ1) is 15.4. The fourth-order valence-corrected chi connectivity index (χ4v) is 1.43. The van der Waals surface area contributed by atoms with Crippen molar-refractivity contribution < 1.29 is 26.3 Å². The van der Waals surface area contributed by atoms with Gasteiger partial charge in [-0.3, -0.25) is 0 Å². The van der Waals surface area contributed by atoms with E-state index >= 15 is 0 Å². The topological polar surface area (TPSA) is 3.24 Å². The summed E-state index contributed by atoms with van der Waals surface area (Å²) in [4.78, 5) is 1.32. The van der Waals surface area contributed by atoms with Crippen LogP contribution in [-0.4, -0.2) is 20.3 Å². The molecule has 0 bridgehead atoms. The Kier molecular flexibility index (Phi) is 4.17. The van der Waals surface area contributed by atoms with Crippen LogP contribution in [-0.2, 0) is 6.18 Å². The minimum atomic E-state index is -4.53. The number of halogens is 6. The van der Waals surface area contributed by atoms with Crippen molar-refractivity contribution in [1.82, 2.24) is 0 Å². The Morgan fingerprint density at radius 2 is 1.58 bits per heavy atom. The Morgan fingerprint density at radius 1 is 1.00 bits per heavy atom. The fourth-order valence-electron chi connectivity index (χ4n) is 1.43. The smallest absolute Gasteiger partial charge is 0.377 e. The average Bonchev–Trinajstić information content (AvgIpc) is 2.23. The Morgan fingerprint density at radius 3 is 2.00 bits per heavy atom. The molecular formula is C12H11F6N. The highest BCUT2D eigenvalue weighted by atomic mass is 19.4. The van der Waals surface area contributed by atoms with E-state index in [4.69, 9.17) is 0 Å². The summed E-state index contributed by atoms with van der Waals surface area (Å²) in [5, 5.41) is 0. The van der Waals surface area contributed by atoms with Crippen molar-refractivity contribution in [3.63, 3.8) is 0 Å². The van der Waals surface area contributed by atoms with Gasteiger partial charge < -0.3 is 4.90 Å². The van der Waals surface area contributed by atoms with Crippen LogP contribution >= 0.6 is 0 Å². The number of alkyl halides is 6. The minimum Gasteiger partial charge on any atom is -0.377 e.